The number of hydrogen-bond acceptors (Lipinski definition) is 3. The number of thioether (sulfide) groups is 1. The number of anilines is 1. The van der Waals surface area contributed by atoms with Gasteiger partial charge in [0.25, 0.3) is 0 Å². The summed E-state index contributed by atoms with van der Waals surface area (Å²) in [5, 5.41) is 6.70. The monoisotopic (exact) mass is 296 g/mol. The van der Waals surface area contributed by atoms with Crippen molar-refractivity contribution < 1.29 is 9.18 Å². The van der Waals surface area contributed by atoms with Crippen molar-refractivity contribution in [1.82, 2.24) is 5.32 Å². The average molecular weight is 296 g/mol. The molecule has 3 nitrogen and oxygen atoms in total. The fourth-order valence-corrected chi connectivity index (χ4v) is 3.38. The number of nitrogens with one attached hydrogen (secondary N) is 2. The van der Waals surface area contributed by atoms with Crippen LogP contribution in [0.25, 0.3) is 0 Å². The van der Waals surface area contributed by atoms with E-state index >= 15 is 0 Å². The fourth-order valence-electron chi connectivity index (χ4n) is 2.55. The van der Waals surface area contributed by atoms with Gasteiger partial charge in [-0.1, -0.05) is 12.5 Å². The first-order valence-corrected chi connectivity index (χ1v) is 8.28. The second kappa shape index (κ2) is 7.64. The lowest BCUT2D eigenvalue weighted by Gasteiger charge is -2.28. The van der Waals surface area contributed by atoms with Crippen LogP contribution in [0.4, 0.5) is 10.1 Å². The Kier molecular flexibility index (Phi) is 5.86. The molecule has 0 saturated heterocycles. The zero-order chi connectivity index (χ0) is 14.4. The van der Waals surface area contributed by atoms with Crippen LogP contribution in [0.15, 0.2) is 24.3 Å². The van der Waals surface area contributed by atoms with Crippen LogP contribution in [0.2, 0.25) is 0 Å². The highest BCUT2D eigenvalue weighted by Gasteiger charge is 2.21. The highest BCUT2D eigenvalue weighted by Crippen LogP contribution is 2.26. The van der Waals surface area contributed by atoms with E-state index in [2.05, 4.69) is 16.9 Å². The van der Waals surface area contributed by atoms with Gasteiger partial charge in [-0.3, -0.25) is 4.79 Å². The van der Waals surface area contributed by atoms with Crippen LogP contribution in [0, 0.1) is 5.82 Å². The Balaban J connectivity index is 1.75. The molecule has 20 heavy (non-hydrogen) atoms. The summed E-state index contributed by atoms with van der Waals surface area (Å²) >= 11 is 1.91. The molecule has 1 fully saturated rings. The van der Waals surface area contributed by atoms with Gasteiger partial charge in [-0.15, -0.1) is 0 Å². The minimum Gasteiger partial charge on any atom is -0.325 e. The van der Waals surface area contributed by atoms with Crippen molar-refractivity contribution in [2.24, 2.45) is 0 Å². The van der Waals surface area contributed by atoms with Crippen LogP contribution in [0.5, 0.6) is 0 Å². The van der Waals surface area contributed by atoms with Gasteiger partial charge in [-0.25, -0.2) is 4.39 Å². The van der Waals surface area contributed by atoms with Crippen molar-refractivity contribution in [2.75, 3.05) is 18.1 Å². The molecular weight excluding hydrogens is 275 g/mol. The maximum Gasteiger partial charge on any atom is 0.238 e. The minimum absolute atomic E-state index is 0.123. The predicted molar refractivity (Wildman–Crippen MR) is 82.6 cm³/mol. The van der Waals surface area contributed by atoms with Gasteiger partial charge in [0.15, 0.2) is 0 Å². The lowest BCUT2D eigenvalue weighted by atomic mass is 9.95. The minimum atomic E-state index is -0.342. The summed E-state index contributed by atoms with van der Waals surface area (Å²) in [7, 11) is 0. The number of carbonyl (C=O) groups excluding carboxylic acids is 1. The Morgan fingerprint density at radius 2 is 2.30 bits per heavy atom. The molecule has 2 atom stereocenters. The number of amides is 1. The van der Waals surface area contributed by atoms with Crippen molar-refractivity contribution in [3.63, 3.8) is 0 Å². The number of rotatable bonds is 5. The average Bonchev–Trinajstić information content (AvgIpc) is 2.45. The van der Waals surface area contributed by atoms with Crippen LogP contribution in [-0.2, 0) is 4.79 Å². The van der Waals surface area contributed by atoms with E-state index in [-0.39, 0.29) is 18.3 Å². The molecule has 0 aliphatic heterocycles. The molecule has 0 heterocycles. The molecule has 0 spiro atoms. The summed E-state index contributed by atoms with van der Waals surface area (Å²) in [5.41, 5.74) is 0.502. The molecular formula is C15H21FN2OS. The highest BCUT2D eigenvalue weighted by atomic mass is 32.2. The summed E-state index contributed by atoms with van der Waals surface area (Å²) in [6, 6.07) is 6.37. The van der Waals surface area contributed by atoms with E-state index in [0.717, 1.165) is 12.8 Å². The Morgan fingerprint density at radius 3 is 3.05 bits per heavy atom. The zero-order valence-corrected chi connectivity index (χ0v) is 12.5. The summed E-state index contributed by atoms with van der Waals surface area (Å²) < 4.78 is 13.0. The molecule has 5 heteroatoms. The third-order valence-electron chi connectivity index (χ3n) is 3.62. The maximum absolute atomic E-state index is 13.0. The van der Waals surface area contributed by atoms with Crippen molar-refractivity contribution in [3.05, 3.63) is 30.1 Å². The van der Waals surface area contributed by atoms with Gasteiger partial charge in [0, 0.05) is 17.0 Å². The third-order valence-corrected chi connectivity index (χ3v) is 4.71. The van der Waals surface area contributed by atoms with Gasteiger partial charge in [0.1, 0.15) is 5.82 Å². The smallest absolute Gasteiger partial charge is 0.238 e. The second-order valence-electron chi connectivity index (χ2n) is 5.16. The largest absolute Gasteiger partial charge is 0.325 e. The molecule has 2 rings (SSSR count). The Bertz CT molecular complexity index is 455. The standard InChI is InChI=1S/C15H21FN2OS/c1-20-14-7-3-5-12(9-14)17-10-15(19)18-13-6-2-4-11(16)8-13/h2,4,6,8,12,14,17H,3,5,7,9-10H2,1H3,(H,18,19). The van der Waals surface area contributed by atoms with E-state index in [1.807, 2.05) is 11.8 Å². The van der Waals surface area contributed by atoms with Crippen molar-refractivity contribution in [3.8, 4) is 0 Å². The van der Waals surface area contributed by atoms with Gasteiger partial charge in [-0.2, -0.15) is 11.8 Å². The van der Waals surface area contributed by atoms with Crippen LogP contribution < -0.4 is 10.6 Å². The van der Waals surface area contributed by atoms with E-state index in [1.165, 1.54) is 25.0 Å². The topological polar surface area (TPSA) is 41.1 Å². The summed E-state index contributed by atoms with van der Waals surface area (Å²) in [4.78, 5) is 11.8. The first kappa shape index (κ1) is 15.3. The zero-order valence-electron chi connectivity index (χ0n) is 11.7. The van der Waals surface area contributed by atoms with E-state index in [9.17, 15) is 9.18 Å². The van der Waals surface area contributed by atoms with E-state index in [4.69, 9.17) is 0 Å². The Labute approximate surface area is 123 Å². The Morgan fingerprint density at radius 1 is 1.45 bits per heavy atom. The first-order valence-electron chi connectivity index (χ1n) is 6.99. The highest BCUT2D eigenvalue weighted by molar-refractivity contribution is 7.99. The lowest BCUT2D eigenvalue weighted by Crippen LogP contribution is -2.39. The molecule has 1 amide bonds. The molecule has 2 N–H and O–H groups in total. The molecule has 110 valence electrons. The van der Waals surface area contributed by atoms with Crippen molar-refractivity contribution in [2.45, 2.75) is 37.0 Å². The molecule has 0 aromatic heterocycles. The van der Waals surface area contributed by atoms with Crippen LogP contribution in [0.3, 0.4) is 0 Å². The summed E-state index contributed by atoms with van der Waals surface area (Å²) in [6.45, 7) is 0.280. The van der Waals surface area contributed by atoms with Crippen LogP contribution in [0.1, 0.15) is 25.7 Å². The molecule has 1 saturated carbocycles. The van der Waals surface area contributed by atoms with Gasteiger partial charge in [0.05, 0.1) is 6.54 Å². The molecule has 1 aromatic rings. The van der Waals surface area contributed by atoms with E-state index in [0.29, 0.717) is 17.0 Å². The predicted octanol–water partition coefficient (Wildman–Crippen LogP) is 3.03. The van der Waals surface area contributed by atoms with Gasteiger partial charge in [0.2, 0.25) is 5.91 Å². The van der Waals surface area contributed by atoms with E-state index in [1.54, 1.807) is 12.1 Å². The summed E-state index contributed by atoms with van der Waals surface area (Å²) in [5.74, 6) is -0.465. The third kappa shape index (κ3) is 4.80. The molecule has 1 aliphatic rings. The first-order chi connectivity index (χ1) is 9.67. The number of carbonyl (C=O) groups is 1. The van der Waals surface area contributed by atoms with Crippen LogP contribution in [-0.4, -0.2) is 30.0 Å². The molecule has 0 bridgehead atoms. The molecule has 0 radical (unpaired) electrons. The molecule has 1 aliphatic carbocycles. The SMILES string of the molecule is CSC1CCCC(NCC(=O)Nc2cccc(F)c2)C1. The summed E-state index contributed by atoms with van der Waals surface area (Å²) in [6.07, 6.45) is 6.88. The van der Waals surface area contributed by atoms with Crippen molar-refractivity contribution in [1.29, 1.82) is 0 Å². The quantitative estimate of drug-likeness (QED) is 0.877. The van der Waals surface area contributed by atoms with Gasteiger partial charge < -0.3 is 10.6 Å². The van der Waals surface area contributed by atoms with Gasteiger partial charge in [-0.05, 0) is 43.7 Å². The normalized spacial score (nSPS) is 22.5. The number of benzene rings is 1. The number of halogens is 1. The van der Waals surface area contributed by atoms with E-state index < -0.39 is 0 Å². The molecule has 2 unspecified atom stereocenters. The number of hydrogen-bond donors (Lipinski definition) is 2. The van der Waals surface area contributed by atoms with Crippen LogP contribution >= 0.6 is 11.8 Å². The Hall–Kier alpha value is -1.07. The maximum atomic E-state index is 13.0. The second-order valence-corrected chi connectivity index (χ2v) is 6.30. The lowest BCUT2D eigenvalue weighted by molar-refractivity contribution is -0.115. The van der Waals surface area contributed by atoms with Gasteiger partial charge >= 0.3 is 0 Å². The van der Waals surface area contributed by atoms with Crippen molar-refractivity contribution >= 4 is 23.4 Å². The fraction of sp³-hybridized carbons (Fsp3) is 0.533. The molecule has 1 aromatic carbocycles.